The summed E-state index contributed by atoms with van der Waals surface area (Å²) < 4.78 is 5.72. The molecule has 106 valence electrons. The van der Waals surface area contributed by atoms with Gasteiger partial charge in [0.2, 0.25) is 5.78 Å². The number of carbonyl (C=O) groups is 1. The first-order valence-corrected chi connectivity index (χ1v) is 6.88. The topological polar surface area (TPSA) is 75.8 Å². The Labute approximate surface area is 117 Å². The van der Waals surface area contributed by atoms with Gasteiger partial charge in [0, 0.05) is 6.54 Å². The molecule has 1 aromatic rings. The molecule has 1 heterocycles. The van der Waals surface area contributed by atoms with Gasteiger partial charge in [0.15, 0.2) is 6.10 Å². The quantitative estimate of drug-likeness (QED) is 0.840. The van der Waals surface area contributed by atoms with Crippen LogP contribution in [0.3, 0.4) is 0 Å². The second-order valence-electron chi connectivity index (χ2n) is 5.07. The number of nitrogens with two attached hydrogens (primary N) is 1. The Morgan fingerprint density at radius 1 is 1.50 bits per heavy atom. The number of hydrogen-bond donors (Lipinski definition) is 2. The number of rotatable bonds is 2. The third-order valence-electron chi connectivity index (χ3n) is 3.85. The second kappa shape index (κ2) is 4.83. The van der Waals surface area contributed by atoms with E-state index in [1.807, 2.05) is 23.1 Å². The van der Waals surface area contributed by atoms with E-state index >= 15 is 0 Å². The molecule has 20 heavy (non-hydrogen) atoms. The van der Waals surface area contributed by atoms with Crippen molar-refractivity contribution < 1.29 is 14.6 Å². The molecule has 0 amide bonds. The number of ketones is 1. The van der Waals surface area contributed by atoms with Crippen LogP contribution in [0.2, 0.25) is 0 Å². The number of hydrogen-bond acceptors (Lipinski definition) is 5. The smallest absolute Gasteiger partial charge is 0.214 e. The van der Waals surface area contributed by atoms with E-state index in [2.05, 4.69) is 6.92 Å². The minimum Gasteiger partial charge on any atom is -0.491 e. The van der Waals surface area contributed by atoms with E-state index in [1.54, 1.807) is 0 Å². The lowest BCUT2D eigenvalue weighted by Crippen LogP contribution is -2.48. The molecule has 3 rings (SSSR count). The molecule has 0 radical (unpaired) electrons. The van der Waals surface area contributed by atoms with E-state index in [0.717, 1.165) is 24.3 Å². The molecule has 0 bridgehead atoms. The number of benzene rings is 1. The Bertz CT molecular complexity index is 595. The summed E-state index contributed by atoms with van der Waals surface area (Å²) in [6, 6.07) is 6.01. The van der Waals surface area contributed by atoms with Crippen molar-refractivity contribution in [2.45, 2.75) is 25.9 Å². The van der Waals surface area contributed by atoms with Gasteiger partial charge >= 0.3 is 0 Å². The Morgan fingerprint density at radius 3 is 3.00 bits per heavy atom. The first kappa shape index (κ1) is 13.0. The van der Waals surface area contributed by atoms with Gasteiger partial charge in [-0.3, -0.25) is 4.79 Å². The Balaban J connectivity index is 2.08. The number of aliphatic hydroxyl groups is 1. The molecular formula is C15H18N2O3. The minimum absolute atomic E-state index is 0.159. The normalized spacial score (nSPS) is 22.0. The molecule has 0 aromatic heterocycles. The van der Waals surface area contributed by atoms with Gasteiger partial charge in [-0.15, -0.1) is 0 Å². The molecule has 0 saturated carbocycles. The minimum atomic E-state index is -1.11. The van der Waals surface area contributed by atoms with Gasteiger partial charge in [-0.25, -0.2) is 0 Å². The number of fused-ring (bicyclic) bond motifs is 1. The molecule has 1 atom stereocenters. The summed E-state index contributed by atoms with van der Waals surface area (Å²) in [6.45, 7) is 3.38. The first-order valence-electron chi connectivity index (χ1n) is 6.88. The van der Waals surface area contributed by atoms with E-state index in [0.29, 0.717) is 18.8 Å². The molecule has 1 aliphatic carbocycles. The van der Waals surface area contributed by atoms with Crippen molar-refractivity contribution in [3.8, 4) is 5.75 Å². The number of aryl methyl sites for hydroxylation is 1. The van der Waals surface area contributed by atoms with Gasteiger partial charge in [-0.1, -0.05) is 13.0 Å². The molecular weight excluding hydrogens is 256 g/mol. The zero-order valence-corrected chi connectivity index (χ0v) is 11.4. The molecule has 1 aromatic carbocycles. The van der Waals surface area contributed by atoms with Crippen LogP contribution in [0.5, 0.6) is 5.75 Å². The third-order valence-corrected chi connectivity index (χ3v) is 3.85. The Hall–Kier alpha value is -2.01. The van der Waals surface area contributed by atoms with Gasteiger partial charge < -0.3 is 20.5 Å². The van der Waals surface area contributed by atoms with E-state index in [4.69, 9.17) is 10.5 Å². The van der Waals surface area contributed by atoms with E-state index in [-0.39, 0.29) is 5.70 Å². The Kier molecular flexibility index (Phi) is 3.14. The number of ether oxygens (including phenoxy) is 1. The highest BCUT2D eigenvalue weighted by Crippen LogP contribution is 2.38. The number of anilines is 1. The van der Waals surface area contributed by atoms with Crippen LogP contribution in [0.1, 0.15) is 18.9 Å². The maximum absolute atomic E-state index is 11.4. The van der Waals surface area contributed by atoms with Crippen LogP contribution in [0.4, 0.5) is 5.69 Å². The van der Waals surface area contributed by atoms with Crippen LogP contribution in [-0.4, -0.2) is 30.1 Å². The number of aliphatic hydroxyl groups excluding tert-OH is 1. The molecule has 5 heteroatoms. The van der Waals surface area contributed by atoms with Crippen molar-refractivity contribution in [2.75, 3.05) is 18.1 Å². The molecule has 0 fully saturated rings. The average molecular weight is 274 g/mol. The van der Waals surface area contributed by atoms with Crippen molar-refractivity contribution in [2.24, 2.45) is 5.73 Å². The van der Waals surface area contributed by atoms with E-state index < -0.39 is 11.9 Å². The largest absolute Gasteiger partial charge is 0.491 e. The fourth-order valence-corrected chi connectivity index (χ4v) is 2.65. The maximum atomic E-state index is 11.4. The summed E-state index contributed by atoms with van der Waals surface area (Å²) in [4.78, 5) is 13.4. The van der Waals surface area contributed by atoms with Crippen molar-refractivity contribution >= 4 is 11.5 Å². The fraction of sp³-hybridized carbons (Fsp3) is 0.400. The first-order chi connectivity index (χ1) is 9.63. The Morgan fingerprint density at radius 2 is 2.30 bits per heavy atom. The van der Waals surface area contributed by atoms with Crippen LogP contribution in [-0.2, 0) is 11.2 Å². The number of nitrogens with zero attached hydrogens (tertiary/aromatic N) is 1. The van der Waals surface area contributed by atoms with Crippen molar-refractivity contribution in [1.29, 1.82) is 0 Å². The lowest BCUT2D eigenvalue weighted by atomic mass is 9.93. The lowest BCUT2D eigenvalue weighted by Gasteiger charge is -2.35. The highest BCUT2D eigenvalue weighted by molar-refractivity contribution is 6.09. The standard InChI is InChI=1S/C15H18N2O3/c1-2-9-4-5-11-10(8-9)17(6-3-7-20-11)13-12(16)14(18)15(13)19/h4-5,8,15,19H,2-3,6-7,16H2,1H3. The highest BCUT2D eigenvalue weighted by Gasteiger charge is 2.40. The molecule has 1 unspecified atom stereocenters. The van der Waals surface area contributed by atoms with Crippen LogP contribution < -0.4 is 15.4 Å². The lowest BCUT2D eigenvalue weighted by molar-refractivity contribution is -0.124. The predicted octanol–water partition coefficient (Wildman–Crippen LogP) is 0.952. The van der Waals surface area contributed by atoms with Crippen LogP contribution >= 0.6 is 0 Å². The highest BCUT2D eigenvalue weighted by atomic mass is 16.5. The SMILES string of the molecule is CCc1ccc2c(c1)N(C1=C(N)C(=O)C1O)CCCO2. The molecule has 3 N–H and O–H groups in total. The zero-order chi connectivity index (χ0) is 14.3. The van der Waals surface area contributed by atoms with Gasteiger partial charge in [-0.2, -0.15) is 0 Å². The molecule has 1 aliphatic heterocycles. The summed E-state index contributed by atoms with van der Waals surface area (Å²) in [5.41, 5.74) is 8.48. The van der Waals surface area contributed by atoms with Crippen LogP contribution in [0.25, 0.3) is 0 Å². The summed E-state index contributed by atoms with van der Waals surface area (Å²) in [5.74, 6) is 0.380. The third kappa shape index (κ3) is 1.86. The van der Waals surface area contributed by atoms with Crippen LogP contribution in [0.15, 0.2) is 29.6 Å². The molecule has 0 saturated heterocycles. The summed E-state index contributed by atoms with van der Waals surface area (Å²) in [5, 5.41) is 9.87. The van der Waals surface area contributed by atoms with Gasteiger partial charge in [0.25, 0.3) is 0 Å². The predicted molar refractivity (Wildman–Crippen MR) is 75.5 cm³/mol. The summed E-state index contributed by atoms with van der Waals surface area (Å²) in [7, 11) is 0. The van der Waals surface area contributed by atoms with Crippen molar-refractivity contribution in [3.63, 3.8) is 0 Å². The van der Waals surface area contributed by atoms with Gasteiger partial charge in [0.05, 0.1) is 18.0 Å². The molecule has 5 nitrogen and oxygen atoms in total. The van der Waals surface area contributed by atoms with E-state index in [1.165, 1.54) is 5.56 Å². The van der Waals surface area contributed by atoms with Crippen molar-refractivity contribution in [3.05, 3.63) is 35.2 Å². The number of Topliss-reactive ketones (excluding diaryl/α,β-unsaturated/α-hetero) is 1. The van der Waals surface area contributed by atoms with Crippen LogP contribution in [0, 0.1) is 0 Å². The summed E-state index contributed by atoms with van der Waals surface area (Å²) >= 11 is 0. The number of carbonyl (C=O) groups excluding carboxylic acids is 1. The molecule has 2 aliphatic rings. The zero-order valence-electron chi connectivity index (χ0n) is 11.4. The van der Waals surface area contributed by atoms with Gasteiger partial charge in [-0.05, 0) is 30.5 Å². The van der Waals surface area contributed by atoms with Gasteiger partial charge in [0.1, 0.15) is 11.4 Å². The maximum Gasteiger partial charge on any atom is 0.214 e. The average Bonchev–Trinajstić information content (AvgIpc) is 2.69. The second-order valence-corrected chi connectivity index (χ2v) is 5.07. The van der Waals surface area contributed by atoms with E-state index in [9.17, 15) is 9.90 Å². The molecule has 0 spiro atoms. The summed E-state index contributed by atoms with van der Waals surface area (Å²) in [6.07, 6.45) is 0.622. The fourth-order valence-electron chi connectivity index (χ4n) is 2.65. The monoisotopic (exact) mass is 274 g/mol. The van der Waals surface area contributed by atoms with Crippen molar-refractivity contribution in [1.82, 2.24) is 0 Å².